The molecule has 1 aliphatic rings. The SMILES string of the molecule is CCC1C(=O)NC(CC(C)C)C(=O)N1C(C)CCC(C)C. The molecule has 3 unspecified atom stereocenters. The van der Waals surface area contributed by atoms with E-state index in [9.17, 15) is 9.59 Å². The second-order valence-electron chi connectivity index (χ2n) is 7.18. The van der Waals surface area contributed by atoms with Gasteiger partial charge in [-0.25, -0.2) is 0 Å². The zero-order valence-electron chi connectivity index (χ0n) is 14.5. The summed E-state index contributed by atoms with van der Waals surface area (Å²) in [5.74, 6) is 1.13. The molecule has 122 valence electrons. The largest absolute Gasteiger partial charge is 0.342 e. The number of nitrogens with zero attached hydrogens (tertiary/aromatic N) is 1. The molecule has 0 aliphatic carbocycles. The van der Waals surface area contributed by atoms with Gasteiger partial charge < -0.3 is 10.2 Å². The Hall–Kier alpha value is -1.06. The lowest BCUT2D eigenvalue weighted by Gasteiger charge is -2.42. The van der Waals surface area contributed by atoms with Crippen molar-refractivity contribution in [3.05, 3.63) is 0 Å². The van der Waals surface area contributed by atoms with Crippen molar-refractivity contribution in [3.63, 3.8) is 0 Å². The van der Waals surface area contributed by atoms with Crippen LogP contribution in [0, 0.1) is 11.8 Å². The highest BCUT2D eigenvalue weighted by molar-refractivity contribution is 5.97. The predicted octanol–water partition coefficient (Wildman–Crippen LogP) is 2.96. The summed E-state index contributed by atoms with van der Waals surface area (Å²) >= 11 is 0. The first-order chi connectivity index (χ1) is 9.77. The summed E-state index contributed by atoms with van der Waals surface area (Å²) < 4.78 is 0. The Morgan fingerprint density at radius 2 is 1.67 bits per heavy atom. The zero-order chi connectivity index (χ0) is 16.2. The first-order valence-corrected chi connectivity index (χ1v) is 8.40. The zero-order valence-corrected chi connectivity index (χ0v) is 14.5. The Balaban J connectivity index is 2.87. The van der Waals surface area contributed by atoms with Gasteiger partial charge in [-0.3, -0.25) is 9.59 Å². The maximum Gasteiger partial charge on any atom is 0.246 e. The molecular formula is C17H32N2O2. The Bertz CT molecular complexity index is 366. The number of carbonyl (C=O) groups is 2. The first kappa shape index (κ1) is 18.0. The monoisotopic (exact) mass is 296 g/mol. The number of hydrogen-bond acceptors (Lipinski definition) is 2. The molecule has 0 spiro atoms. The maximum atomic E-state index is 12.8. The second kappa shape index (κ2) is 7.81. The molecule has 4 heteroatoms. The smallest absolute Gasteiger partial charge is 0.246 e. The van der Waals surface area contributed by atoms with Crippen LogP contribution in [0.4, 0.5) is 0 Å². The molecule has 1 rings (SSSR count). The summed E-state index contributed by atoms with van der Waals surface area (Å²) in [6.07, 6.45) is 3.44. The molecule has 1 fully saturated rings. The van der Waals surface area contributed by atoms with Crippen molar-refractivity contribution in [1.82, 2.24) is 10.2 Å². The Morgan fingerprint density at radius 1 is 1.05 bits per heavy atom. The number of rotatable bonds is 7. The van der Waals surface area contributed by atoms with Crippen molar-refractivity contribution in [2.24, 2.45) is 11.8 Å². The molecule has 1 N–H and O–H groups in total. The molecule has 0 saturated carbocycles. The summed E-state index contributed by atoms with van der Waals surface area (Å²) in [6.45, 7) is 12.6. The van der Waals surface area contributed by atoms with Crippen molar-refractivity contribution in [1.29, 1.82) is 0 Å². The van der Waals surface area contributed by atoms with Crippen LogP contribution in [0.15, 0.2) is 0 Å². The van der Waals surface area contributed by atoms with E-state index in [4.69, 9.17) is 0 Å². The number of piperazine rings is 1. The fourth-order valence-corrected chi connectivity index (χ4v) is 3.04. The number of nitrogens with one attached hydrogen (secondary N) is 1. The van der Waals surface area contributed by atoms with E-state index in [1.165, 1.54) is 0 Å². The lowest BCUT2D eigenvalue weighted by atomic mass is 9.94. The Labute approximate surface area is 129 Å². The summed E-state index contributed by atoms with van der Waals surface area (Å²) in [7, 11) is 0. The van der Waals surface area contributed by atoms with E-state index < -0.39 is 0 Å². The van der Waals surface area contributed by atoms with Crippen molar-refractivity contribution < 1.29 is 9.59 Å². The standard InChI is InChI=1S/C17H32N2O2/c1-7-15-16(20)18-14(10-12(4)5)17(21)19(15)13(6)9-8-11(2)3/h11-15H,7-10H2,1-6H3,(H,18,20). The van der Waals surface area contributed by atoms with E-state index in [-0.39, 0.29) is 29.9 Å². The van der Waals surface area contributed by atoms with Gasteiger partial charge in [0.05, 0.1) is 0 Å². The lowest BCUT2D eigenvalue weighted by Crippen LogP contribution is -2.65. The minimum atomic E-state index is -0.346. The van der Waals surface area contributed by atoms with E-state index in [1.54, 1.807) is 0 Å². The van der Waals surface area contributed by atoms with Crippen LogP contribution in [-0.4, -0.2) is 34.8 Å². The van der Waals surface area contributed by atoms with Crippen LogP contribution >= 0.6 is 0 Å². The average Bonchev–Trinajstić information content (AvgIpc) is 2.38. The van der Waals surface area contributed by atoms with Gasteiger partial charge in [-0.1, -0.05) is 34.6 Å². The van der Waals surface area contributed by atoms with Crippen LogP contribution in [0.2, 0.25) is 0 Å². The Morgan fingerprint density at radius 3 is 2.14 bits per heavy atom. The number of carbonyl (C=O) groups excluding carboxylic acids is 2. The molecule has 0 aromatic carbocycles. The number of amides is 2. The van der Waals surface area contributed by atoms with E-state index in [1.807, 2.05) is 11.8 Å². The van der Waals surface area contributed by atoms with Gasteiger partial charge in [-0.2, -0.15) is 0 Å². The van der Waals surface area contributed by atoms with Gasteiger partial charge in [0.1, 0.15) is 12.1 Å². The van der Waals surface area contributed by atoms with Crippen molar-refractivity contribution in [2.75, 3.05) is 0 Å². The minimum absolute atomic E-state index is 0.0131. The van der Waals surface area contributed by atoms with Gasteiger partial charge in [-0.05, 0) is 44.4 Å². The Kier molecular flexibility index (Phi) is 6.69. The summed E-state index contributed by atoms with van der Waals surface area (Å²) in [5.41, 5.74) is 0. The molecule has 3 atom stereocenters. The van der Waals surface area contributed by atoms with Crippen LogP contribution in [-0.2, 0) is 9.59 Å². The third-order valence-electron chi connectivity index (χ3n) is 4.24. The molecule has 1 aliphatic heterocycles. The summed E-state index contributed by atoms with van der Waals surface area (Å²) in [6, 6.07) is -0.518. The van der Waals surface area contributed by atoms with Crippen molar-refractivity contribution >= 4 is 11.8 Å². The molecule has 4 nitrogen and oxygen atoms in total. The minimum Gasteiger partial charge on any atom is -0.342 e. The molecule has 2 amide bonds. The highest BCUT2D eigenvalue weighted by Crippen LogP contribution is 2.23. The van der Waals surface area contributed by atoms with Gasteiger partial charge in [-0.15, -0.1) is 0 Å². The van der Waals surface area contributed by atoms with Gasteiger partial charge in [0, 0.05) is 6.04 Å². The first-order valence-electron chi connectivity index (χ1n) is 8.40. The van der Waals surface area contributed by atoms with E-state index in [2.05, 4.69) is 39.9 Å². The molecule has 0 aromatic rings. The fraction of sp³-hybridized carbons (Fsp3) is 0.882. The number of hydrogen-bond donors (Lipinski definition) is 1. The predicted molar refractivity (Wildman–Crippen MR) is 85.8 cm³/mol. The molecule has 0 bridgehead atoms. The highest BCUT2D eigenvalue weighted by Gasteiger charge is 2.41. The fourth-order valence-electron chi connectivity index (χ4n) is 3.04. The third-order valence-corrected chi connectivity index (χ3v) is 4.24. The second-order valence-corrected chi connectivity index (χ2v) is 7.18. The van der Waals surface area contributed by atoms with Crippen LogP contribution < -0.4 is 5.32 Å². The molecular weight excluding hydrogens is 264 g/mol. The third kappa shape index (κ3) is 4.72. The van der Waals surface area contributed by atoms with Gasteiger partial charge >= 0.3 is 0 Å². The van der Waals surface area contributed by atoms with Gasteiger partial charge in [0.15, 0.2) is 0 Å². The molecule has 0 aromatic heterocycles. The quantitative estimate of drug-likeness (QED) is 0.785. The van der Waals surface area contributed by atoms with Crippen LogP contribution in [0.25, 0.3) is 0 Å². The summed E-state index contributed by atoms with van der Waals surface area (Å²) in [5, 5.41) is 2.92. The van der Waals surface area contributed by atoms with Gasteiger partial charge in [0.2, 0.25) is 11.8 Å². The molecule has 1 heterocycles. The molecule has 1 saturated heterocycles. The average molecular weight is 296 g/mol. The molecule has 0 radical (unpaired) electrons. The van der Waals surface area contributed by atoms with Crippen LogP contribution in [0.3, 0.4) is 0 Å². The van der Waals surface area contributed by atoms with Crippen molar-refractivity contribution in [2.45, 2.75) is 85.4 Å². The van der Waals surface area contributed by atoms with E-state index >= 15 is 0 Å². The molecule has 21 heavy (non-hydrogen) atoms. The van der Waals surface area contributed by atoms with E-state index in [0.717, 1.165) is 12.8 Å². The van der Waals surface area contributed by atoms with E-state index in [0.29, 0.717) is 24.7 Å². The maximum absolute atomic E-state index is 12.8. The lowest BCUT2D eigenvalue weighted by molar-refractivity contribution is -0.152. The summed E-state index contributed by atoms with van der Waals surface area (Å²) in [4.78, 5) is 26.9. The van der Waals surface area contributed by atoms with Crippen LogP contribution in [0.5, 0.6) is 0 Å². The van der Waals surface area contributed by atoms with Crippen LogP contribution in [0.1, 0.15) is 67.2 Å². The topological polar surface area (TPSA) is 49.4 Å². The van der Waals surface area contributed by atoms with Gasteiger partial charge in [0.25, 0.3) is 0 Å². The van der Waals surface area contributed by atoms with Crippen molar-refractivity contribution in [3.8, 4) is 0 Å². The highest BCUT2D eigenvalue weighted by atomic mass is 16.2. The normalized spacial score (nSPS) is 24.7.